The minimum atomic E-state index is -0.283. The van der Waals surface area contributed by atoms with Gasteiger partial charge in [0.25, 0.3) is 0 Å². The lowest BCUT2D eigenvalue weighted by atomic mass is 9.88. The van der Waals surface area contributed by atoms with Gasteiger partial charge >= 0.3 is 0 Å². The number of allylic oxidation sites excluding steroid dienone is 2. The molecule has 1 aromatic carbocycles. The average molecular weight is 380 g/mol. The van der Waals surface area contributed by atoms with E-state index in [1.165, 1.54) is 11.8 Å². The van der Waals surface area contributed by atoms with E-state index in [-0.39, 0.29) is 23.2 Å². The van der Waals surface area contributed by atoms with Gasteiger partial charge in [-0.3, -0.25) is 19.3 Å². The molecule has 1 aromatic rings. The Bertz CT molecular complexity index is 876. The smallest absolute Gasteiger partial charge is 0.224 e. The van der Waals surface area contributed by atoms with Crippen LogP contribution in [-0.4, -0.2) is 71.4 Å². The Labute approximate surface area is 164 Å². The molecule has 7 nitrogen and oxygen atoms in total. The quantitative estimate of drug-likeness (QED) is 0.773. The Kier molecular flexibility index (Phi) is 5.90. The third-order valence-electron chi connectivity index (χ3n) is 5.27. The molecule has 2 aliphatic rings. The fraction of sp³-hybridized carbons (Fsp3) is 0.429. The summed E-state index contributed by atoms with van der Waals surface area (Å²) in [6.07, 6.45) is 0.465. The fourth-order valence-electron chi connectivity index (χ4n) is 3.83. The molecule has 0 spiro atoms. The number of ketones is 2. The van der Waals surface area contributed by atoms with Crippen LogP contribution in [0.5, 0.6) is 0 Å². The van der Waals surface area contributed by atoms with Crippen LogP contribution in [0.2, 0.25) is 0 Å². The van der Waals surface area contributed by atoms with E-state index < -0.39 is 0 Å². The molecule has 1 fully saturated rings. The van der Waals surface area contributed by atoms with Gasteiger partial charge in [-0.05, 0) is 6.92 Å². The molecule has 146 valence electrons. The van der Waals surface area contributed by atoms with E-state index in [0.717, 1.165) is 0 Å². The van der Waals surface area contributed by atoms with Crippen molar-refractivity contribution in [2.24, 2.45) is 0 Å². The maximum absolute atomic E-state index is 13.3. The van der Waals surface area contributed by atoms with E-state index in [9.17, 15) is 14.4 Å². The van der Waals surface area contributed by atoms with E-state index in [0.29, 0.717) is 62.5 Å². The lowest BCUT2D eigenvalue weighted by Gasteiger charge is -2.39. The molecule has 1 amide bonds. The van der Waals surface area contributed by atoms with E-state index in [2.05, 4.69) is 11.0 Å². The maximum atomic E-state index is 13.3. The standard InChI is InChI=1S/C21H24N4O3/c1-3-25(15(2)26)19-18(24-13-11-23(12-14-24)10-6-9-22)20(27)16-7-4-5-8-17(16)21(19)28/h4-5,7-8H,3,6,10-14H2,1-2H3. The zero-order valence-corrected chi connectivity index (χ0v) is 16.3. The van der Waals surface area contributed by atoms with Gasteiger partial charge in [-0.25, -0.2) is 0 Å². The van der Waals surface area contributed by atoms with Crippen molar-refractivity contribution < 1.29 is 14.4 Å². The Hall–Kier alpha value is -2.98. The SMILES string of the molecule is CCN(C(C)=O)C1=C(N2CCN(CCC#N)CC2)C(=O)c2ccccc2C1=O. The van der Waals surface area contributed by atoms with Crippen LogP contribution in [-0.2, 0) is 4.79 Å². The summed E-state index contributed by atoms with van der Waals surface area (Å²) in [4.78, 5) is 44.3. The number of nitrogens with zero attached hydrogens (tertiary/aromatic N) is 4. The minimum absolute atomic E-state index is 0.184. The molecule has 3 rings (SSSR count). The van der Waals surface area contributed by atoms with Gasteiger partial charge in [-0.2, -0.15) is 5.26 Å². The normalized spacial score (nSPS) is 17.4. The molecule has 0 atom stereocenters. The summed E-state index contributed by atoms with van der Waals surface area (Å²) in [5, 5.41) is 8.77. The molecular formula is C21H24N4O3. The van der Waals surface area contributed by atoms with Crippen molar-refractivity contribution in [3.05, 3.63) is 46.8 Å². The molecule has 1 heterocycles. The van der Waals surface area contributed by atoms with Gasteiger partial charge in [-0.15, -0.1) is 0 Å². The minimum Gasteiger partial charge on any atom is -0.364 e. The highest BCUT2D eigenvalue weighted by Crippen LogP contribution is 2.31. The van der Waals surface area contributed by atoms with Crippen LogP contribution in [0.1, 0.15) is 41.0 Å². The van der Waals surface area contributed by atoms with Crippen LogP contribution < -0.4 is 0 Å². The second-order valence-electron chi connectivity index (χ2n) is 6.90. The van der Waals surface area contributed by atoms with E-state index in [1.54, 1.807) is 31.2 Å². The van der Waals surface area contributed by atoms with Gasteiger partial charge in [0, 0.05) is 63.7 Å². The number of benzene rings is 1. The highest BCUT2D eigenvalue weighted by molar-refractivity contribution is 6.27. The maximum Gasteiger partial charge on any atom is 0.224 e. The summed E-state index contributed by atoms with van der Waals surface area (Å²) in [5.41, 5.74) is 1.24. The number of hydrogen-bond acceptors (Lipinski definition) is 6. The lowest BCUT2D eigenvalue weighted by molar-refractivity contribution is -0.126. The molecule has 1 aliphatic carbocycles. The van der Waals surface area contributed by atoms with Crippen molar-refractivity contribution in [3.63, 3.8) is 0 Å². The van der Waals surface area contributed by atoms with Crippen molar-refractivity contribution >= 4 is 17.5 Å². The summed E-state index contributed by atoms with van der Waals surface area (Å²) in [5.74, 6) is -0.757. The van der Waals surface area contributed by atoms with Crippen molar-refractivity contribution in [2.75, 3.05) is 39.3 Å². The third-order valence-corrected chi connectivity index (χ3v) is 5.27. The molecule has 28 heavy (non-hydrogen) atoms. The molecule has 7 heteroatoms. The van der Waals surface area contributed by atoms with Crippen LogP contribution in [0, 0.1) is 11.3 Å². The lowest BCUT2D eigenvalue weighted by Crippen LogP contribution is -2.50. The summed E-state index contributed by atoms with van der Waals surface area (Å²) in [6, 6.07) is 8.93. The molecular weight excluding hydrogens is 356 g/mol. The van der Waals surface area contributed by atoms with E-state index >= 15 is 0 Å². The number of carbonyl (C=O) groups is 3. The first-order chi connectivity index (χ1) is 13.5. The third kappa shape index (κ3) is 3.56. The Balaban J connectivity index is 2.01. The number of carbonyl (C=O) groups excluding carboxylic acids is 3. The predicted octanol–water partition coefficient (Wildman–Crippen LogP) is 1.68. The molecule has 0 radical (unpaired) electrons. The van der Waals surface area contributed by atoms with Gasteiger partial charge in [0.2, 0.25) is 17.5 Å². The number of amides is 1. The summed E-state index contributed by atoms with van der Waals surface area (Å²) in [7, 11) is 0. The summed E-state index contributed by atoms with van der Waals surface area (Å²) < 4.78 is 0. The largest absolute Gasteiger partial charge is 0.364 e. The molecule has 0 aromatic heterocycles. The van der Waals surface area contributed by atoms with Gasteiger partial charge in [-0.1, -0.05) is 24.3 Å². The number of likely N-dealkylation sites (N-methyl/N-ethyl adjacent to an activating group) is 1. The number of fused-ring (bicyclic) bond motifs is 1. The second-order valence-corrected chi connectivity index (χ2v) is 6.90. The molecule has 0 unspecified atom stereocenters. The summed E-state index contributed by atoms with van der Waals surface area (Å²) in [6.45, 7) is 6.76. The Morgan fingerprint density at radius 1 is 1.11 bits per heavy atom. The van der Waals surface area contributed by atoms with E-state index in [1.807, 2.05) is 4.90 Å². The van der Waals surface area contributed by atoms with Gasteiger partial charge in [0.05, 0.1) is 6.07 Å². The van der Waals surface area contributed by atoms with Gasteiger partial charge < -0.3 is 9.80 Å². The molecule has 0 saturated carbocycles. The van der Waals surface area contributed by atoms with Crippen LogP contribution in [0.15, 0.2) is 35.7 Å². The highest BCUT2D eigenvalue weighted by atomic mass is 16.2. The molecule has 0 N–H and O–H groups in total. The molecule has 1 saturated heterocycles. The number of rotatable bonds is 5. The molecule has 1 aliphatic heterocycles. The van der Waals surface area contributed by atoms with Crippen molar-refractivity contribution in [1.82, 2.24) is 14.7 Å². The Morgan fingerprint density at radius 3 is 2.25 bits per heavy atom. The highest BCUT2D eigenvalue weighted by Gasteiger charge is 2.39. The van der Waals surface area contributed by atoms with Crippen molar-refractivity contribution in [1.29, 1.82) is 5.26 Å². The van der Waals surface area contributed by atoms with Crippen molar-refractivity contribution in [3.8, 4) is 6.07 Å². The monoisotopic (exact) mass is 380 g/mol. The first kappa shape index (κ1) is 19.8. The van der Waals surface area contributed by atoms with Gasteiger partial charge in [0.15, 0.2) is 0 Å². The van der Waals surface area contributed by atoms with E-state index in [4.69, 9.17) is 5.26 Å². The number of nitriles is 1. The van der Waals surface area contributed by atoms with Crippen LogP contribution in [0.3, 0.4) is 0 Å². The van der Waals surface area contributed by atoms with Crippen molar-refractivity contribution in [2.45, 2.75) is 20.3 Å². The van der Waals surface area contributed by atoms with Crippen LogP contribution >= 0.6 is 0 Å². The number of Topliss-reactive ketones (excluding diaryl/α,β-unsaturated/α-hetero) is 2. The first-order valence-corrected chi connectivity index (χ1v) is 9.54. The van der Waals surface area contributed by atoms with Crippen LogP contribution in [0.25, 0.3) is 0 Å². The zero-order chi connectivity index (χ0) is 20.3. The first-order valence-electron chi connectivity index (χ1n) is 9.54. The predicted molar refractivity (Wildman–Crippen MR) is 103 cm³/mol. The number of hydrogen-bond donors (Lipinski definition) is 0. The Morgan fingerprint density at radius 2 is 1.71 bits per heavy atom. The summed E-state index contributed by atoms with van der Waals surface area (Å²) >= 11 is 0. The van der Waals surface area contributed by atoms with Crippen LogP contribution in [0.4, 0.5) is 0 Å². The second kappa shape index (κ2) is 8.36. The molecule has 0 bridgehead atoms. The number of piperazine rings is 1. The average Bonchev–Trinajstić information content (AvgIpc) is 2.71. The topological polar surface area (TPSA) is 84.7 Å². The zero-order valence-electron chi connectivity index (χ0n) is 16.3. The van der Waals surface area contributed by atoms with Gasteiger partial charge in [0.1, 0.15) is 11.4 Å². The fourth-order valence-corrected chi connectivity index (χ4v) is 3.83.